The molecule has 1 N–H and O–H groups in total. The van der Waals surface area contributed by atoms with Crippen LogP contribution in [-0.2, 0) is 15.0 Å². The van der Waals surface area contributed by atoms with Gasteiger partial charge in [-0.2, -0.15) is 0 Å². The van der Waals surface area contributed by atoms with E-state index in [0.29, 0.717) is 23.6 Å². The summed E-state index contributed by atoms with van der Waals surface area (Å²) in [5.74, 6) is 1.87. The average Bonchev–Trinajstić information content (AvgIpc) is 2.83. The van der Waals surface area contributed by atoms with Crippen molar-refractivity contribution in [1.29, 1.82) is 0 Å². The number of hydrogen-bond donors (Lipinski definition) is 1. The largest absolute Gasteiger partial charge is 0.493 e. The van der Waals surface area contributed by atoms with Gasteiger partial charge < -0.3 is 4.74 Å². The van der Waals surface area contributed by atoms with Crippen molar-refractivity contribution in [1.82, 2.24) is 5.32 Å². The molecule has 186 valence electrons. The van der Waals surface area contributed by atoms with Gasteiger partial charge in [0.2, 0.25) is 0 Å². The van der Waals surface area contributed by atoms with Gasteiger partial charge in [-0.05, 0) is 126 Å². The third-order valence-electron chi connectivity index (χ3n) is 8.44. The topological polar surface area (TPSA) is 75.7 Å². The van der Waals surface area contributed by atoms with E-state index in [4.69, 9.17) is 4.74 Å². The average molecular weight is 549 g/mol. The normalized spacial score (nSPS) is 30.2. The number of amides is 4. The number of nitrogens with zero attached hydrogens (tertiary/aromatic N) is 1. The lowest BCUT2D eigenvalue weighted by atomic mass is 9.48. The van der Waals surface area contributed by atoms with Crippen molar-refractivity contribution in [2.45, 2.75) is 50.9 Å². The maximum Gasteiger partial charge on any atom is 0.335 e. The summed E-state index contributed by atoms with van der Waals surface area (Å²) in [6, 6.07) is 12.5. The van der Waals surface area contributed by atoms with Crippen molar-refractivity contribution < 1.29 is 19.1 Å². The summed E-state index contributed by atoms with van der Waals surface area (Å²) < 4.78 is 6.25. The monoisotopic (exact) mass is 548 g/mol. The van der Waals surface area contributed by atoms with E-state index >= 15 is 0 Å². The number of benzene rings is 2. The van der Waals surface area contributed by atoms with Crippen LogP contribution in [0, 0.1) is 17.8 Å². The van der Waals surface area contributed by atoms with Crippen molar-refractivity contribution in [3.8, 4) is 5.75 Å². The van der Waals surface area contributed by atoms with E-state index in [1.807, 2.05) is 19.1 Å². The molecule has 2 aromatic rings. The Morgan fingerprint density at radius 1 is 1.00 bits per heavy atom. The Morgan fingerprint density at radius 3 is 2.22 bits per heavy atom. The molecule has 0 aromatic heterocycles. The molecule has 4 saturated carbocycles. The van der Waals surface area contributed by atoms with Crippen LogP contribution in [0.2, 0.25) is 0 Å². The van der Waals surface area contributed by atoms with Crippen molar-refractivity contribution in [3.63, 3.8) is 0 Å². The van der Waals surface area contributed by atoms with Crippen molar-refractivity contribution >= 4 is 45.5 Å². The number of halogens is 1. The summed E-state index contributed by atoms with van der Waals surface area (Å²) in [7, 11) is 0. The van der Waals surface area contributed by atoms with E-state index in [-0.39, 0.29) is 11.0 Å². The van der Waals surface area contributed by atoms with E-state index in [1.54, 1.807) is 18.2 Å². The number of urea groups is 1. The van der Waals surface area contributed by atoms with E-state index in [9.17, 15) is 14.4 Å². The fourth-order valence-electron chi connectivity index (χ4n) is 7.37. The summed E-state index contributed by atoms with van der Waals surface area (Å²) in [5, 5.41) is 2.32. The molecule has 1 aliphatic heterocycles. The molecule has 1 saturated heterocycles. The first-order chi connectivity index (χ1) is 17.3. The molecule has 1 heterocycles. The second-order valence-electron chi connectivity index (χ2n) is 10.8. The second-order valence-corrected chi connectivity index (χ2v) is 11.7. The zero-order chi connectivity index (χ0) is 25.0. The summed E-state index contributed by atoms with van der Waals surface area (Å²) in [6.07, 6.45) is 9.40. The molecule has 5 fully saturated rings. The Kier molecular flexibility index (Phi) is 5.78. The molecule has 2 aromatic carbocycles. The first-order valence-electron chi connectivity index (χ1n) is 12.8. The lowest BCUT2D eigenvalue weighted by Crippen LogP contribution is -2.54. The van der Waals surface area contributed by atoms with Gasteiger partial charge in [0, 0.05) is 0 Å². The van der Waals surface area contributed by atoms with Gasteiger partial charge in [-0.1, -0.05) is 18.2 Å². The smallest absolute Gasteiger partial charge is 0.335 e. The van der Waals surface area contributed by atoms with E-state index in [2.05, 4.69) is 33.4 Å². The van der Waals surface area contributed by atoms with Gasteiger partial charge in [0.25, 0.3) is 11.8 Å². The zero-order valence-electron chi connectivity index (χ0n) is 20.3. The number of barbiturate groups is 1. The highest BCUT2D eigenvalue weighted by molar-refractivity contribution is 9.10. The number of imide groups is 2. The molecular formula is C29H29BrN2O4. The molecule has 4 bridgehead atoms. The van der Waals surface area contributed by atoms with Crippen LogP contribution in [0.1, 0.15) is 56.6 Å². The molecule has 5 aliphatic rings. The molecule has 6 nitrogen and oxygen atoms in total. The third kappa shape index (κ3) is 3.97. The number of ether oxygens (including phenoxy) is 1. The number of anilines is 1. The minimum absolute atomic E-state index is 0.0872. The predicted molar refractivity (Wildman–Crippen MR) is 141 cm³/mol. The Labute approximate surface area is 219 Å². The van der Waals surface area contributed by atoms with Gasteiger partial charge in [0.05, 0.1) is 16.8 Å². The Bertz CT molecular complexity index is 1250. The van der Waals surface area contributed by atoms with E-state index in [1.165, 1.54) is 50.2 Å². The van der Waals surface area contributed by atoms with Gasteiger partial charge in [-0.15, -0.1) is 0 Å². The molecule has 0 radical (unpaired) electrons. The first kappa shape index (κ1) is 23.5. The summed E-state index contributed by atoms with van der Waals surface area (Å²) in [4.78, 5) is 39.7. The maximum atomic E-state index is 13.4. The van der Waals surface area contributed by atoms with Crippen LogP contribution >= 0.6 is 15.9 Å². The molecule has 36 heavy (non-hydrogen) atoms. The molecule has 0 unspecified atom stereocenters. The Morgan fingerprint density at radius 2 is 1.64 bits per heavy atom. The number of nitrogens with one attached hydrogen (secondary N) is 1. The molecule has 4 amide bonds. The lowest BCUT2D eigenvalue weighted by molar-refractivity contribution is -0.122. The van der Waals surface area contributed by atoms with Crippen LogP contribution in [0.25, 0.3) is 6.08 Å². The van der Waals surface area contributed by atoms with Gasteiger partial charge in [0.1, 0.15) is 11.3 Å². The van der Waals surface area contributed by atoms with Crippen LogP contribution in [0.3, 0.4) is 0 Å². The Hall–Kier alpha value is -2.93. The number of carbonyl (C=O) groups excluding carboxylic acids is 3. The highest BCUT2D eigenvalue weighted by Gasteiger charge is 2.51. The minimum atomic E-state index is -0.724. The maximum absolute atomic E-state index is 13.4. The van der Waals surface area contributed by atoms with Crippen LogP contribution < -0.4 is 15.0 Å². The van der Waals surface area contributed by atoms with Crippen molar-refractivity contribution in [2.24, 2.45) is 17.8 Å². The zero-order valence-corrected chi connectivity index (χ0v) is 21.8. The molecule has 4 aliphatic carbocycles. The van der Waals surface area contributed by atoms with Crippen LogP contribution in [0.15, 0.2) is 52.5 Å². The molecule has 0 spiro atoms. The van der Waals surface area contributed by atoms with Crippen LogP contribution in [-0.4, -0.2) is 24.5 Å². The molecule has 7 rings (SSSR count). The number of carbonyl (C=O) groups is 3. The second kappa shape index (κ2) is 8.87. The third-order valence-corrected chi connectivity index (χ3v) is 9.06. The molecule has 0 atom stereocenters. The summed E-state index contributed by atoms with van der Waals surface area (Å²) in [6.45, 7) is 2.42. The number of rotatable bonds is 5. The van der Waals surface area contributed by atoms with E-state index in [0.717, 1.165) is 27.1 Å². The standard InChI is InChI=1S/C29H29BrN2O4/c1-2-36-25-8-3-17(13-24(25)30)12-23-26(33)31-28(35)32(27(23)34)22-6-4-21(5-7-22)29-14-18-9-19(15-29)11-20(10-18)16-29/h3-8,12-13,18-20H,2,9-11,14-16H2,1H3,(H,31,33,35)/b23-12+. The SMILES string of the molecule is CCOc1ccc(/C=C2\C(=O)NC(=O)N(c3ccc(C45CC6CC(CC(C6)C4)C5)cc3)C2=O)cc1Br. The first-order valence-corrected chi connectivity index (χ1v) is 13.6. The van der Waals surface area contributed by atoms with Crippen molar-refractivity contribution in [3.05, 3.63) is 63.6 Å². The van der Waals surface area contributed by atoms with Crippen LogP contribution in [0.5, 0.6) is 5.75 Å². The summed E-state index contributed by atoms with van der Waals surface area (Å²) >= 11 is 3.46. The highest BCUT2D eigenvalue weighted by atomic mass is 79.9. The fraction of sp³-hybridized carbons (Fsp3) is 0.414. The van der Waals surface area contributed by atoms with E-state index < -0.39 is 17.8 Å². The van der Waals surface area contributed by atoms with Crippen LogP contribution in [0.4, 0.5) is 10.5 Å². The minimum Gasteiger partial charge on any atom is -0.493 e. The van der Waals surface area contributed by atoms with Crippen molar-refractivity contribution in [2.75, 3.05) is 11.5 Å². The lowest BCUT2D eigenvalue weighted by Gasteiger charge is -2.57. The molecule has 7 heteroatoms. The van der Waals surface area contributed by atoms with Gasteiger partial charge in [0.15, 0.2) is 0 Å². The number of hydrogen-bond acceptors (Lipinski definition) is 4. The quantitative estimate of drug-likeness (QED) is 0.368. The van der Waals surface area contributed by atoms with Gasteiger partial charge >= 0.3 is 6.03 Å². The summed E-state index contributed by atoms with van der Waals surface area (Å²) in [5.41, 5.74) is 2.59. The highest BCUT2D eigenvalue weighted by Crippen LogP contribution is 2.60. The predicted octanol–water partition coefficient (Wildman–Crippen LogP) is 5.98. The Balaban J connectivity index is 1.27. The van der Waals surface area contributed by atoms with Gasteiger partial charge in [-0.3, -0.25) is 14.9 Å². The fourth-order valence-corrected chi connectivity index (χ4v) is 7.88. The van der Waals surface area contributed by atoms with Gasteiger partial charge in [-0.25, -0.2) is 9.69 Å². The molecular weight excluding hydrogens is 520 g/mol.